The summed E-state index contributed by atoms with van der Waals surface area (Å²) in [5.41, 5.74) is 1.80. The number of aryl methyl sites for hydroxylation is 1. The lowest BCUT2D eigenvalue weighted by atomic mass is 9.65. The highest BCUT2D eigenvalue weighted by molar-refractivity contribution is 5.49. The van der Waals surface area contributed by atoms with Crippen molar-refractivity contribution >= 4 is 12.2 Å². The van der Waals surface area contributed by atoms with E-state index in [1.165, 1.54) is 16.0 Å². The molecule has 0 heterocycles. The zero-order valence-electron chi connectivity index (χ0n) is 10.4. The first-order valence-electron chi connectivity index (χ1n) is 5.64. The van der Waals surface area contributed by atoms with Crippen molar-refractivity contribution in [2.45, 2.75) is 34.6 Å². The maximum absolute atomic E-state index is 2.41. The van der Waals surface area contributed by atoms with E-state index >= 15 is 0 Å². The number of benzene rings is 1. The van der Waals surface area contributed by atoms with Crippen LogP contribution in [0, 0.1) is 17.8 Å². The van der Waals surface area contributed by atoms with E-state index < -0.39 is 0 Å². The van der Waals surface area contributed by atoms with Crippen LogP contribution in [-0.4, -0.2) is 0 Å². The van der Waals surface area contributed by atoms with E-state index in [9.17, 15) is 0 Å². The lowest BCUT2D eigenvalue weighted by Gasteiger charge is -2.39. The van der Waals surface area contributed by atoms with Gasteiger partial charge in [0.15, 0.2) is 0 Å². The molecule has 15 heavy (non-hydrogen) atoms. The fraction of sp³-hybridized carbons (Fsp3) is 0.467. The second-order valence-corrected chi connectivity index (χ2v) is 5.86. The SMILES string of the molecule is Cc1ccc2c(c1)=CC(C)(C)C(C)(C)C=2. The molecule has 2 rings (SSSR count). The Kier molecular flexibility index (Phi) is 2.08. The van der Waals surface area contributed by atoms with Gasteiger partial charge >= 0.3 is 0 Å². The average Bonchev–Trinajstić information content (AvgIpc) is 2.07. The van der Waals surface area contributed by atoms with Crippen molar-refractivity contribution in [3.8, 4) is 0 Å². The molecule has 0 N–H and O–H groups in total. The van der Waals surface area contributed by atoms with Gasteiger partial charge in [-0.3, -0.25) is 0 Å². The van der Waals surface area contributed by atoms with Crippen LogP contribution in [0.4, 0.5) is 0 Å². The van der Waals surface area contributed by atoms with Gasteiger partial charge in [0, 0.05) is 0 Å². The molecule has 0 bridgehead atoms. The molecule has 1 aliphatic carbocycles. The molecule has 0 atom stereocenters. The summed E-state index contributed by atoms with van der Waals surface area (Å²) in [5.74, 6) is 0. The van der Waals surface area contributed by atoms with E-state index in [-0.39, 0.29) is 10.8 Å². The van der Waals surface area contributed by atoms with E-state index in [2.05, 4.69) is 65.0 Å². The zero-order valence-corrected chi connectivity index (χ0v) is 10.4. The van der Waals surface area contributed by atoms with Crippen LogP contribution in [0.25, 0.3) is 12.2 Å². The summed E-state index contributed by atoms with van der Waals surface area (Å²) in [6, 6.07) is 6.71. The van der Waals surface area contributed by atoms with Crippen LogP contribution in [0.3, 0.4) is 0 Å². The first-order chi connectivity index (χ1) is 6.82. The number of hydrogen-bond donors (Lipinski definition) is 0. The quantitative estimate of drug-likeness (QED) is 0.604. The van der Waals surface area contributed by atoms with Crippen LogP contribution >= 0.6 is 0 Å². The van der Waals surface area contributed by atoms with Gasteiger partial charge in [-0.1, -0.05) is 63.6 Å². The Labute approximate surface area is 92.3 Å². The van der Waals surface area contributed by atoms with E-state index in [1.807, 2.05) is 0 Å². The van der Waals surface area contributed by atoms with Crippen molar-refractivity contribution < 1.29 is 0 Å². The minimum Gasteiger partial charge on any atom is -0.0702 e. The highest BCUT2D eigenvalue weighted by Crippen LogP contribution is 2.42. The molecule has 0 saturated heterocycles. The van der Waals surface area contributed by atoms with Crippen molar-refractivity contribution in [3.63, 3.8) is 0 Å². The highest BCUT2D eigenvalue weighted by atomic mass is 14.4. The Morgan fingerprint density at radius 3 is 1.93 bits per heavy atom. The van der Waals surface area contributed by atoms with Gasteiger partial charge in [0.2, 0.25) is 0 Å². The van der Waals surface area contributed by atoms with Crippen molar-refractivity contribution in [1.29, 1.82) is 0 Å². The summed E-state index contributed by atoms with van der Waals surface area (Å²) >= 11 is 0. The monoisotopic (exact) mass is 200 g/mol. The lowest BCUT2D eigenvalue weighted by molar-refractivity contribution is 0.272. The second kappa shape index (κ2) is 2.98. The third-order valence-electron chi connectivity index (χ3n) is 3.94. The Morgan fingerprint density at radius 1 is 0.800 bits per heavy atom. The molecule has 0 amide bonds. The Morgan fingerprint density at radius 2 is 1.33 bits per heavy atom. The molecule has 1 aromatic rings. The fourth-order valence-electron chi connectivity index (χ4n) is 2.10. The van der Waals surface area contributed by atoms with Gasteiger partial charge in [-0.25, -0.2) is 0 Å². The van der Waals surface area contributed by atoms with Gasteiger partial charge in [0.05, 0.1) is 0 Å². The van der Waals surface area contributed by atoms with E-state index in [0.717, 1.165) is 0 Å². The fourth-order valence-corrected chi connectivity index (χ4v) is 2.10. The van der Waals surface area contributed by atoms with Gasteiger partial charge < -0.3 is 0 Å². The molecular weight excluding hydrogens is 180 g/mol. The summed E-state index contributed by atoms with van der Waals surface area (Å²) < 4.78 is 0. The third-order valence-corrected chi connectivity index (χ3v) is 3.94. The first kappa shape index (κ1) is 10.5. The van der Waals surface area contributed by atoms with Crippen LogP contribution in [0.15, 0.2) is 18.2 Å². The normalized spacial score (nSPS) is 21.1. The molecule has 0 nitrogen and oxygen atoms in total. The van der Waals surface area contributed by atoms with E-state index in [0.29, 0.717) is 0 Å². The van der Waals surface area contributed by atoms with Crippen molar-refractivity contribution in [2.75, 3.05) is 0 Å². The molecule has 0 heteroatoms. The van der Waals surface area contributed by atoms with Crippen molar-refractivity contribution in [1.82, 2.24) is 0 Å². The van der Waals surface area contributed by atoms with Crippen LogP contribution < -0.4 is 10.4 Å². The third kappa shape index (κ3) is 1.62. The highest BCUT2D eigenvalue weighted by Gasteiger charge is 2.34. The lowest BCUT2D eigenvalue weighted by Crippen LogP contribution is -2.41. The van der Waals surface area contributed by atoms with Gasteiger partial charge in [-0.15, -0.1) is 0 Å². The molecule has 0 aromatic heterocycles. The van der Waals surface area contributed by atoms with Gasteiger partial charge in [-0.2, -0.15) is 0 Å². The van der Waals surface area contributed by atoms with Gasteiger partial charge in [-0.05, 0) is 28.2 Å². The number of hydrogen-bond acceptors (Lipinski definition) is 0. The molecule has 80 valence electrons. The van der Waals surface area contributed by atoms with E-state index in [1.54, 1.807) is 0 Å². The van der Waals surface area contributed by atoms with Crippen LogP contribution in [0.2, 0.25) is 0 Å². The number of rotatable bonds is 0. The zero-order chi connectivity index (χ0) is 11.3. The Hall–Kier alpha value is -1.04. The largest absolute Gasteiger partial charge is 0.0702 e. The maximum atomic E-state index is 2.41. The standard InChI is InChI=1S/C15H20/c1-11-6-7-12-9-14(2,3)15(4,5)10-13(12)8-11/h6-10H,1-5H3. The van der Waals surface area contributed by atoms with Crippen LogP contribution in [0.1, 0.15) is 33.3 Å². The molecule has 0 radical (unpaired) electrons. The van der Waals surface area contributed by atoms with Gasteiger partial charge in [0.25, 0.3) is 0 Å². The molecule has 1 aliphatic rings. The van der Waals surface area contributed by atoms with Crippen LogP contribution in [-0.2, 0) is 0 Å². The maximum Gasteiger partial charge on any atom is -0.00797 e. The summed E-state index contributed by atoms with van der Waals surface area (Å²) in [4.78, 5) is 0. The molecule has 1 aromatic carbocycles. The predicted octanol–water partition coefficient (Wildman–Crippen LogP) is 2.62. The Bertz CT molecular complexity index is 501. The first-order valence-corrected chi connectivity index (χ1v) is 5.64. The summed E-state index contributed by atoms with van der Waals surface area (Å²) in [6.45, 7) is 11.4. The molecule has 0 spiro atoms. The molecule has 0 saturated carbocycles. The van der Waals surface area contributed by atoms with Crippen LogP contribution in [0.5, 0.6) is 0 Å². The minimum absolute atomic E-state index is 0.230. The second-order valence-electron chi connectivity index (χ2n) is 5.86. The van der Waals surface area contributed by atoms with E-state index in [4.69, 9.17) is 0 Å². The Balaban J connectivity index is 2.80. The molecule has 0 unspecified atom stereocenters. The predicted molar refractivity (Wildman–Crippen MR) is 66.9 cm³/mol. The molecule has 0 aliphatic heterocycles. The minimum atomic E-state index is 0.230. The smallest absolute Gasteiger partial charge is 0.00797 e. The molecular formula is C15H20. The van der Waals surface area contributed by atoms with Gasteiger partial charge in [0.1, 0.15) is 0 Å². The summed E-state index contributed by atoms with van der Waals surface area (Å²) in [6.07, 6.45) is 4.82. The van der Waals surface area contributed by atoms with Crippen molar-refractivity contribution in [2.24, 2.45) is 10.8 Å². The average molecular weight is 200 g/mol. The summed E-state index contributed by atoms with van der Waals surface area (Å²) in [7, 11) is 0. The summed E-state index contributed by atoms with van der Waals surface area (Å²) in [5, 5.41) is 2.77. The molecule has 0 fully saturated rings. The topological polar surface area (TPSA) is 0 Å². The van der Waals surface area contributed by atoms with Crippen molar-refractivity contribution in [3.05, 3.63) is 34.2 Å². The number of fused-ring (bicyclic) bond motifs is 1.